The predicted octanol–water partition coefficient (Wildman–Crippen LogP) is 4.60. The van der Waals surface area contributed by atoms with Crippen LogP contribution in [0.3, 0.4) is 0 Å². The third-order valence-electron chi connectivity index (χ3n) is 2.95. The van der Waals surface area contributed by atoms with Gasteiger partial charge in [0.05, 0.1) is 4.47 Å². The van der Waals surface area contributed by atoms with Gasteiger partial charge in [-0.1, -0.05) is 18.2 Å². The molecule has 0 amide bonds. The van der Waals surface area contributed by atoms with Gasteiger partial charge in [-0.05, 0) is 40.2 Å². The van der Waals surface area contributed by atoms with E-state index in [4.69, 9.17) is 9.15 Å². The minimum Gasteiger partial charge on any atom is -0.484 e. The Balaban J connectivity index is 1.75. The Morgan fingerprint density at radius 3 is 2.81 bits per heavy atom. The maximum atomic E-state index is 13.1. The molecule has 3 aromatic rings. The van der Waals surface area contributed by atoms with Crippen molar-refractivity contribution in [1.82, 2.24) is 0 Å². The molecule has 0 spiro atoms. The number of hydrogen-bond donors (Lipinski definition) is 0. The third-order valence-corrected chi connectivity index (χ3v) is 3.61. The van der Waals surface area contributed by atoms with Gasteiger partial charge >= 0.3 is 0 Å². The number of carbonyl (C=O) groups excluding carboxylic acids is 1. The van der Waals surface area contributed by atoms with Crippen LogP contribution in [0.25, 0.3) is 11.0 Å². The highest BCUT2D eigenvalue weighted by Crippen LogP contribution is 2.26. The smallest absolute Gasteiger partial charge is 0.235 e. The van der Waals surface area contributed by atoms with E-state index in [-0.39, 0.29) is 23.9 Å². The van der Waals surface area contributed by atoms with Crippen LogP contribution in [0.1, 0.15) is 10.6 Å². The number of hydrogen-bond acceptors (Lipinski definition) is 3. The van der Waals surface area contributed by atoms with Crippen LogP contribution >= 0.6 is 15.9 Å². The van der Waals surface area contributed by atoms with Gasteiger partial charge < -0.3 is 9.15 Å². The lowest BCUT2D eigenvalue weighted by molar-refractivity contribution is 0.0895. The minimum atomic E-state index is -0.426. The number of carbonyl (C=O) groups is 1. The van der Waals surface area contributed by atoms with E-state index in [1.54, 1.807) is 12.1 Å². The molecule has 106 valence electrons. The number of benzene rings is 2. The number of furan rings is 1. The molecule has 2 aromatic carbocycles. The summed E-state index contributed by atoms with van der Waals surface area (Å²) in [6.45, 7) is -0.220. The van der Waals surface area contributed by atoms with Crippen LogP contribution in [0.5, 0.6) is 5.75 Å². The summed E-state index contributed by atoms with van der Waals surface area (Å²) in [5.74, 6) is -0.227. The quantitative estimate of drug-likeness (QED) is 0.647. The standard InChI is InChI=1S/C16H10BrFO3/c17-12-6-5-11(18)8-15(12)20-9-13(19)16-7-10-3-1-2-4-14(10)21-16/h1-8H,9H2. The highest BCUT2D eigenvalue weighted by molar-refractivity contribution is 9.10. The summed E-state index contributed by atoms with van der Waals surface area (Å²) in [4.78, 5) is 12.1. The lowest BCUT2D eigenvalue weighted by atomic mass is 10.2. The number of Topliss-reactive ketones (excluding diaryl/α,β-unsaturated/α-hetero) is 1. The molecule has 0 aliphatic carbocycles. The number of rotatable bonds is 4. The van der Waals surface area contributed by atoms with Crippen LogP contribution in [0.4, 0.5) is 4.39 Å². The van der Waals surface area contributed by atoms with Gasteiger partial charge in [0, 0.05) is 11.5 Å². The van der Waals surface area contributed by atoms with Gasteiger partial charge in [0.2, 0.25) is 5.78 Å². The minimum absolute atomic E-state index is 0.220. The average Bonchev–Trinajstić information content (AvgIpc) is 2.92. The lowest BCUT2D eigenvalue weighted by Crippen LogP contribution is -2.11. The molecule has 1 heterocycles. The van der Waals surface area contributed by atoms with Gasteiger partial charge in [-0.2, -0.15) is 0 Å². The van der Waals surface area contributed by atoms with E-state index in [2.05, 4.69) is 15.9 Å². The van der Waals surface area contributed by atoms with E-state index in [1.165, 1.54) is 18.2 Å². The number of ketones is 1. The highest BCUT2D eigenvalue weighted by atomic mass is 79.9. The summed E-state index contributed by atoms with van der Waals surface area (Å²) in [5.41, 5.74) is 0.646. The maximum absolute atomic E-state index is 13.1. The first-order valence-electron chi connectivity index (χ1n) is 6.23. The van der Waals surface area contributed by atoms with Crippen LogP contribution in [-0.2, 0) is 0 Å². The molecule has 0 saturated carbocycles. The summed E-state index contributed by atoms with van der Waals surface area (Å²) in [7, 11) is 0. The van der Waals surface area contributed by atoms with E-state index in [9.17, 15) is 9.18 Å². The second-order valence-electron chi connectivity index (χ2n) is 4.44. The van der Waals surface area contributed by atoms with Crippen molar-refractivity contribution >= 4 is 32.7 Å². The molecule has 3 rings (SSSR count). The molecule has 21 heavy (non-hydrogen) atoms. The summed E-state index contributed by atoms with van der Waals surface area (Å²) in [6.07, 6.45) is 0. The van der Waals surface area contributed by atoms with E-state index in [0.717, 1.165) is 5.39 Å². The van der Waals surface area contributed by atoms with Crippen molar-refractivity contribution < 1.29 is 18.3 Å². The van der Waals surface area contributed by atoms with Gasteiger partial charge in [-0.15, -0.1) is 0 Å². The molecular weight excluding hydrogens is 339 g/mol. The van der Waals surface area contributed by atoms with Crippen LogP contribution < -0.4 is 4.74 Å². The normalized spacial score (nSPS) is 10.8. The lowest BCUT2D eigenvalue weighted by Gasteiger charge is -2.06. The molecule has 0 fully saturated rings. The second-order valence-corrected chi connectivity index (χ2v) is 5.29. The first kappa shape index (κ1) is 13.8. The van der Waals surface area contributed by atoms with Crippen molar-refractivity contribution in [2.75, 3.05) is 6.61 Å². The fourth-order valence-electron chi connectivity index (χ4n) is 1.92. The maximum Gasteiger partial charge on any atom is 0.235 e. The van der Waals surface area contributed by atoms with Crippen LogP contribution in [-0.4, -0.2) is 12.4 Å². The van der Waals surface area contributed by atoms with Gasteiger partial charge in [-0.3, -0.25) is 4.79 Å². The van der Waals surface area contributed by atoms with Gasteiger partial charge in [0.25, 0.3) is 0 Å². The van der Waals surface area contributed by atoms with Crippen LogP contribution in [0, 0.1) is 5.82 Å². The highest BCUT2D eigenvalue weighted by Gasteiger charge is 2.14. The summed E-state index contributed by atoms with van der Waals surface area (Å²) in [6, 6.07) is 13.1. The number of fused-ring (bicyclic) bond motifs is 1. The van der Waals surface area contributed by atoms with E-state index in [1.807, 2.05) is 18.2 Å². The Morgan fingerprint density at radius 2 is 2.00 bits per heavy atom. The molecule has 5 heteroatoms. The molecule has 0 atom stereocenters. The average molecular weight is 349 g/mol. The third kappa shape index (κ3) is 2.97. The van der Waals surface area contributed by atoms with Crippen molar-refractivity contribution in [3.05, 3.63) is 64.6 Å². The zero-order valence-corrected chi connectivity index (χ0v) is 12.4. The Bertz CT molecular complexity index is 777. The second kappa shape index (κ2) is 5.69. The van der Waals surface area contributed by atoms with Crippen molar-refractivity contribution in [3.8, 4) is 5.75 Å². The molecule has 0 radical (unpaired) electrons. The number of halogens is 2. The first-order chi connectivity index (χ1) is 10.1. The first-order valence-corrected chi connectivity index (χ1v) is 7.02. The van der Waals surface area contributed by atoms with Gasteiger partial charge in [0.1, 0.15) is 17.1 Å². The van der Waals surface area contributed by atoms with Crippen molar-refractivity contribution in [3.63, 3.8) is 0 Å². The van der Waals surface area contributed by atoms with Crippen LogP contribution in [0.15, 0.2) is 57.4 Å². The fourth-order valence-corrected chi connectivity index (χ4v) is 2.28. The number of para-hydroxylation sites is 1. The summed E-state index contributed by atoms with van der Waals surface area (Å²) < 4.78 is 24.5. The number of ether oxygens (including phenoxy) is 1. The summed E-state index contributed by atoms with van der Waals surface area (Å²) in [5, 5.41) is 0.854. The zero-order valence-electron chi connectivity index (χ0n) is 10.8. The van der Waals surface area contributed by atoms with Gasteiger partial charge in [-0.25, -0.2) is 4.39 Å². The monoisotopic (exact) mass is 348 g/mol. The topological polar surface area (TPSA) is 39.4 Å². The molecule has 0 unspecified atom stereocenters. The van der Waals surface area contributed by atoms with Crippen molar-refractivity contribution in [2.45, 2.75) is 0 Å². The molecule has 0 bridgehead atoms. The fraction of sp³-hybridized carbons (Fsp3) is 0.0625. The zero-order chi connectivity index (χ0) is 14.8. The molecule has 1 aromatic heterocycles. The Labute approximate surface area is 128 Å². The molecule has 0 aliphatic rings. The van der Waals surface area contributed by atoms with E-state index in [0.29, 0.717) is 10.1 Å². The van der Waals surface area contributed by atoms with Crippen molar-refractivity contribution in [1.29, 1.82) is 0 Å². The Hall–Kier alpha value is -2.14. The van der Waals surface area contributed by atoms with E-state index < -0.39 is 5.82 Å². The Kier molecular flexibility index (Phi) is 3.75. The molecule has 3 nitrogen and oxygen atoms in total. The molecular formula is C16H10BrFO3. The summed E-state index contributed by atoms with van der Waals surface area (Å²) >= 11 is 3.24. The SMILES string of the molecule is O=C(COc1cc(F)ccc1Br)c1cc2ccccc2o1. The molecule has 0 aliphatic heterocycles. The Morgan fingerprint density at radius 1 is 1.19 bits per heavy atom. The van der Waals surface area contributed by atoms with Gasteiger partial charge in [0.15, 0.2) is 12.4 Å². The predicted molar refractivity (Wildman–Crippen MR) is 80.1 cm³/mol. The largest absolute Gasteiger partial charge is 0.484 e. The van der Waals surface area contributed by atoms with E-state index >= 15 is 0 Å². The molecule has 0 saturated heterocycles. The molecule has 0 N–H and O–H groups in total. The van der Waals surface area contributed by atoms with Crippen molar-refractivity contribution in [2.24, 2.45) is 0 Å². The van der Waals surface area contributed by atoms with Crippen LogP contribution in [0.2, 0.25) is 0 Å².